The van der Waals surface area contributed by atoms with Crippen LogP contribution in [0.25, 0.3) is 0 Å². The molecule has 2 aromatic rings. The molecule has 1 heterocycles. The zero-order valence-corrected chi connectivity index (χ0v) is 17.8. The Morgan fingerprint density at radius 2 is 2.00 bits per heavy atom. The number of likely N-dealkylation sites (N-methyl/N-ethyl adjacent to an activating group) is 1. The van der Waals surface area contributed by atoms with Gasteiger partial charge in [-0.25, -0.2) is 4.79 Å². The second-order valence-corrected chi connectivity index (χ2v) is 8.55. The Labute approximate surface area is 169 Å². The van der Waals surface area contributed by atoms with Gasteiger partial charge >= 0.3 is 6.03 Å². The Bertz CT molecular complexity index is 767. The molecule has 146 valence electrons. The number of rotatable bonds is 7. The number of hydrogen-bond acceptors (Lipinski definition) is 3. The fourth-order valence-electron chi connectivity index (χ4n) is 3.69. The van der Waals surface area contributed by atoms with Gasteiger partial charge < -0.3 is 15.5 Å². The van der Waals surface area contributed by atoms with Gasteiger partial charge in [-0.2, -0.15) is 5.10 Å². The molecule has 0 spiro atoms. The average Bonchev–Trinajstić information content (AvgIpc) is 3.01. The molecule has 1 aromatic heterocycles. The first-order chi connectivity index (χ1) is 12.9. The van der Waals surface area contributed by atoms with Gasteiger partial charge in [-0.3, -0.25) is 4.68 Å². The summed E-state index contributed by atoms with van der Waals surface area (Å²) in [6.07, 6.45) is 7.28. The third-order valence-electron chi connectivity index (χ3n) is 5.54. The Morgan fingerprint density at radius 3 is 2.52 bits per heavy atom. The molecule has 2 amide bonds. The second-order valence-electron chi connectivity index (χ2n) is 7.63. The van der Waals surface area contributed by atoms with Crippen molar-refractivity contribution in [3.05, 3.63) is 52.3 Å². The Morgan fingerprint density at radius 1 is 1.30 bits per heavy atom. The minimum Gasteiger partial charge on any atom is -0.337 e. The Balaban J connectivity index is 1.55. The molecule has 7 heteroatoms. The lowest BCUT2D eigenvalue weighted by molar-refractivity contribution is 0.211. The zero-order valence-electron chi connectivity index (χ0n) is 16.2. The quantitative estimate of drug-likeness (QED) is 0.704. The fraction of sp³-hybridized carbons (Fsp3) is 0.500. The van der Waals surface area contributed by atoms with Crippen LogP contribution >= 0.6 is 15.9 Å². The summed E-state index contributed by atoms with van der Waals surface area (Å²) in [6, 6.07) is 8.44. The normalized spacial score (nSPS) is 16.6. The van der Waals surface area contributed by atoms with E-state index in [0.717, 1.165) is 22.9 Å². The van der Waals surface area contributed by atoms with Gasteiger partial charge in [0.25, 0.3) is 0 Å². The van der Waals surface area contributed by atoms with E-state index in [2.05, 4.69) is 60.8 Å². The van der Waals surface area contributed by atoms with Crippen molar-refractivity contribution in [3.63, 3.8) is 0 Å². The third-order valence-corrected chi connectivity index (χ3v) is 6.07. The molecule has 0 bridgehead atoms. The van der Waals surface area contributed by atoms with Gasteiger partial charge in [0.2, 0.25) is 0 Å². The highest BCUT2D eigenvalue weighted by molar-refractivity contribution is 9.10. The van der Waals surface area contributed by atoms with Gasteiger partial charge in [0.1, 0.15) is 0 Å². The number of carbonyl (C=O) groups excluding carboxylic acids is 1. The number of nitrogens with zero attached hydrogens (tertiary/aromatic N) is 3. The maximum absolute atomic E-state index is 12.4. The van der Waals surface area contributed by atoms with Crippen LogP contribution in [-0.2, 0) is 12.5 Å². The molecular weight excluding hydrogens is 406 g/mol. The van der Waals surface area contributed by atoms with Crippen LogP contribution in [-0.4, -0.2) is 47.9 Å². The van der Waals surface area contributed by atoms with Gasteiger partial charge in [0.15, 0.2) is 0 Å². The number of benzene rings is 1. The molecule has 27 heavy (non-hydrogen) atoms. The topological polar surface area (TPSA) is 62.2 Å². The van der Waals surface area contributed by atoms with E-state index in [1.54, 1.807) is 4.68 Å². The van der Waals surface area contributed by atoms with Crippen molar-refractivity contribution in [1.82, 2.24) is 25.3 Å². The Kier molecular flexibility index (Phi) is 6.22. The van der Waals surface area contributed by atoms with Crippen molar-refractivity contribution in [3.8, 4) is 0 Å². The fourth-order valence-corrected chi connectivity index (χ4v) is 3.95. The van der Waals surface area contributed by atoms with Crippen LogP contribution in [0.1, 0.15) is 36.4 Å². The Hall–Kier alpha value is -1.86. The van der Waals surface area contributed by atoms with Crippen LogP contribution in [0.2, 0.25) is 0 Å². The number of aromatic nitrogens is 2. The zero-order chi connectivity index (χ0) is 19.4. The molecule has 1 fully saturated rings. The predicted molar refractivity (Wildman–Crippen MR) is 111 cm³/mol. The van der Waals surface area contributed by atoms with Gasteiger partial charge in [-0.1, -0.05) is 34.5 Å². The SMILES string of the molecule is CN(C)C(CNC(=O)NCC1(c2ccc(Br)cc2)CCC1)c1cnn(C)c1. The summed E-state index contributed by atoms with van der Waals surface area (Å²) in [6.45, 7) is 1.20. The largest absolute Gasteiger partial charge is 0.337 e. The molecule has 0 aliphatic heterocycles. The lowest BCUT2D eigenvalue weighted by atomic mass is 9.64. The lowest BCUT2D eigenvalue weighted by Gasteiger charge is -2.42. The summed E-state index contributed by atoms with van der Waals surface area (Å²) in [4.78, 5) is 14.5. The number of hydrogen-bond donors (Lipinski definition) is 2. The molecule has 6 nitrogen and oxygen atoms in total. The van der Waals surface area contributed by atoms with E-state index in [1.807, 2.05) is 33.5 Å². The molecule has 1 saturated carbocycles. The molecule has 1 aromatic carbocycles. The smallest absolute Gasteiger partial charge is 0.314 e. The van der Waals surface area contributed by atoms with E-state index < -0.39 is 0 Å². The molecule has 0 saturated heterocycles. The summed E-state index contributed by atoms with van der Waals surface area (Å²) in [5.74, 6) is 0. The molecule has 1 unspecified atom stereocenters. The predicted octanol–water partition coefficient (Wildman–Crippen LogP) is 3.21. The minimum atomic E-state index is -0.117. The molecule has 1 atom stereocenters. The number of aryl methyl sites for hydroxylation is 1. The van der Waals surface area contributed by atoms with Crippen molar-refractivity contribution < 1.29 is 4.79 Å². The number of carbonyl (C=O) groups is 1. The molecule has 1 aliphatic carbocycles. The highest BCUT2D eigenvalue weighted by Gasteiger charge is 2.38. The van der Waals surface area contributed by atoms with Gasteiger partial charge in [0.05, 0.1) is 12.2 Å². The number of amides is 2. The van der Waals surface area contributed by atoms with Crippen molar-refractivity contribution in [2.45, 2.75) is 30.7 Å². The number of nitrogens with one attached hydrogen (secondary N) is 2. The summed E-state index contributed by atoms with van der Waals surface area (Å²) >= 11 is 3.49. The monoisotopic (exact) mass is 433 g/mol. The van der Waals surface area contributed by atoms with Crippen molar-refractivity contribution in [2.75, 3.05) is 27.2 Å². The first-order valence-corrected chi connectivity index (χ1v) is 10.1. The summed E-state index contributed by atoms with van der Waals surface area (Å²) < 4.78 is 2.86. The molecule has 3 rings (SSSR count). The maximum Gasteiger partial charge on any atom is 0.314 e. The second kappa shape index (κ2) is 8.44. The molecule has 2 N–H and O–H groups in total. The van der Waals surface area contributed by atoms with Crippen molar-refractivity contribution in [2.24, 2.45) is 7.05 Å². The first kappa shape index (κ1) is 19.9. The van der Waals surface area contributed by atoms with Crippen LogP contribution in [0, 0.1) is 0 Å². The van der Waals surface area contributed by atoms with E-state index >= 15 is 0 Å². The van der Waals surface area contributed by atoms with E-state index in [0.29, 0.717) is 13.1 Å². The number of urea groups is 1. The van der Waals surface area contributed by atoms with Crippen LogP contribution in [0.5, 0.6) is 0 Å². The summed E-state index contributed by atoms with van der Waals surface area (Å²) in [5.41, 5.74) is 2.47. The maximum atomic E-state index is 12.4. The number of halogens is 1. The standard InChI is InChI=1S/C20H28BrN5O/c1-25(2)18(15-11-24-26(3)13-15)12-22-19(27)23-14-20(9-4-10-20)16-5-7-17(21)8-6-16/h5-8,11,13,18H,4,9-10,12,14H2,1-3H3,(H2,22,23,27). The van der Waals surface area contributed by atoms with Crippen molar-refractivity contribution in [1.29, 1.82) is 0 Å². The summed E-state index contributed by atoms with van der Waals surface area (Å²) in [7, 11) is 5.92. The molecule has 1 aliphatic rings. The average molecular weight is 434 g/mol. The summed E-state index contributed by atoms with van der Waals surface area (Å²) in [5, 5.41) is 10.3. The highest BCUT2D eigenvalue weighted by Crippen LogP contribution is 2.43. The molecular formula is C20H28BrN5O. The van der Waals surface area contributed by atoms with Crippen molar-refractivity contribution >= 4 is 22.0 Å². The minimum absolute atomic E-state index is 0.0718. The highest BCUT2D eigenvalue weighted by atomic mass is 79.9. The first-order valence-electron chi connectivity index (χ1n) is 9.32. The van der Waals surface area contributed by atoms with E-state index in [-0.39, 0.29) is 17.5 Å². The van der Waals surface area contributed by atoms with E-state index in [1.165, 1.54) is 12.0 Å². The van der Waals surface area contributed by atoms with E-state index in [9.17, 15) is 4.79 Å². The van der Waals surface area contributed by atoms with Gasteiger partial charge in [-0.15, -0.1) is 0 Å². The van der Waals surface area contributed by atoms with Crippen LogP contribution < -0.4 is 10.6 Å². The van der Waals surface area contributed by atoms with Crippen LogP contribution in [0.15, 0.2) is 41.1 Å². The third kappa shape index (κ3) is 4.71. The van der Waals surface area contributed by atoms with E-state index in [4.69, 9.17) is 0 Å². The molecule has 0 radical (unpaired) electrons. The van der Waals surface area contributed by atoms with Crippen LogP contribution in [0.3, 0.4) is 0 Å². The van der Waals surface area contributed by atoms with Gasteiger partial charge in [0, 0.05) is 41.8 Å². The van der Waals surface area contributed by atoms with Gasteiger partial charge in [-0.05, 0) is 44.6 Å². The van der Waals surface area contributed by atoms with Crippen LogP contribution in [0.4, 0.5) is 4.79 Å². The lowest BCUT2D eigenvalue weighted by Crippen LogP contribution is -2.49.